The first-order chi connectivity index (χ1) is 5.74. The van der Waals surface area contributed by atoms with Crippen LogP contribution in [0.3, 0.4) is 0 Å². The second-order valence-corrected chi connectivity index (χ2v) is 2.80. The SMILES string of the molecule is CCN=C(N)c1ccc(Cl)cc1. The average Bonchev–Trinajstić information content (AvgIpc) is 2.06. The number of halogens is 1. The molecule has 0 amide bonds. The van der Waals surface area contributed by atoms with Crippen LogP contribution in [0.2, 0.25) is 5.02 Å². The minimum Gasteiger partial charge on any atom is -0.384 e. The number of benzene rings is 1. The van der Waals surface area contributed by atoms with E-state index >= 15 is 0 Å². The van der Waals surface area contributed by atoms with Crippen molar-refractivity contribution in [3.05, 3.63) is 34.9 Å². The maximum atomic E-state index is 5.71. The molecule has 3 heteroatoms. The summed E-state index contributed by atoms with van der Waals surface area (Å²) in [7, 11) is 0. The monoisotopic (exact) mass is 182 g/mol. The molecule has 0 aliphatic carbocycles. The van der Waals surface area contributed by atoms with E-state index in [1.54, 1.807) is 12.1 Å². The molecule has 1 aromatic rings. The van der Waals surface area contributed by atoms with E-state index in [4.69, 9.17) is 17.3 Å². The Bertz CT molecular complexity index is 277. The first kappa shape index (κ1) is 9.07. The van der Waals surface area contributed by atoms with Crippen LogP contribution in [0.1, 0.15) is 12.5 Å². The molecule has 64 valence electrons. The molecular weight excluding hydrogens is 172 g/mol. The number of hydrogen-bond donors (Lipinski definition) is 1. The molecule has 0 aliphatic heterocycles. The Morgan fingerprint density at radius 2 is 2.00 bits per heavy atom. The topological polar surface area (TPSA) is 38.4 Å². The van der Waals surface area contributed by atoms with Crippen molar-refractivity contribution in [1.82, 2.24) is 0 Å². The van der Waals surface area contributed by atoms with Gasteiger partial charge in [-0.15, -0.1) is 0 Å². The molecule has 1 rings (SSSR count). The van der Waals surface area contributed by atoms with Crippen molar-refractivity contribution in [2.45, 2.75) is 6.92 Å². The Hall–Kier alpha value is -1.02. The summed E-state index contributed by atoms with van der Waals surface area (Å²) in [4.78, 5) is 4.08. The van der Waals surface area contributed by atoms with Crippen molar-refractivity contribution in [3.63, 3.8) is 0 Å². The summed E-state index contributed by atoms with van der Waals surface area (Å²) in [6.07, 6.45) is 0. The molecular formula is C9H11ClN2. The van der Waals surface area contributed by atoms with Gasteiger partial charge in [0, 0.05) is 17.1 Å². The summed E-state index contributed by atoms with van der Waals surface area (Å²) in [5.74, 6) is 0.564. The molecule has 1 aromatic carbocycles. The van der Waals surface area contributed by atoms with Crippen LogP contribution in [-0.2, 0) is 0 Å². The Labute approximate surface area is 77.1 Å². The second-order valence-electron chi connectivity index (χ2n) is 2.37. The van der Waals surface area contributed by atoms with Crippen LogP contribution in [0.25, 0.3) is 0 Å². The molecule has 0 unspecified atom stereocenters. The third-order valence-corrected chi connectivity index (χ3v) is 1.72. The predicted octanol–water partition coefficient (Wildman–Crippen LogP) is 2.07. The number of aliphatic imine (C=N–C) groups is 1. The zero-order chi connectivity index (χ0) is 8.97. The van der Waals surface area contributed by atoms with Gasteiger partial charge in [-0.25, -0.2) is 0 Å². The van der Waals surface area contributed by atoms with Gasteiger partial charge in [-0.05, 0) is 31.2 Å². The highest BCUT2D eigenvalue weighted by Gasteiger charge is 1.95. The maximum absolute atomic E-state index is 5.71. The van der Waals surface area contributed by atoms with Gasteiger partial charge in [0.1, 0.15) is 5.84 Å². The molecule has 0 bridgehead atoms. The normalized spacial score (nSPS) is 11.7. The van der Waals surface area contributed by atoms with Gasteiger partial charge in [0.05, 0.1) is 0 Å². The molecule has 0 spiro atoms. The van der Waals surface area contributed by atoms with Gasteiger partial charge in [0.2, 0.25) is 0 Å². The summed E-state index contributed by atoms with van der Waals surface area (Å²) < 4.78 is 0. The molecule has 2 N–H and O–H groups in total. The molecule has 2 nitrogen and oxygen atoms in total. The van der Waals surface area contributed by atoms with Crippen LogP contribution >= 0.6 is 11.6 Å². The molecule has 0 aliphatic rings. The number of rotatable bonds is 2. The zero-order valence-corrected chi connectivity index (χ0v) is 7.67. The molecule has 0 atom stereocenters. The number of nitrogens with two attached hydrogens (primary N) is 1. The lowest BCUT2D eigenvalue weighted by Gasteiger charge is -1.99. The third kappa shape index (κ3) is 2.24. The van der Waals surface area contributed by atoms with Crippen LogP contribution in [0.5, 0.6) is 0 Å². The van der Waals surface area contributed by atoms with Crippen molar-refractivity contribution in [2.75, 3.05) is 6.54 Å². The second kappa shape index (κ2) is 4.12. The van der Waals surface area contributed by atoms with E-state index in [9.17, 15) is 0 Å². The Balaban J connectivity index is 2.89. The van der Waals surface area contributed by atoms with Crippen LogP contribution in [-0.4, -0.2) is 12.4 Å². The van der Waals surface area contributed by atoms with Crippen LogP contribution in [0.4, 0.5) is 0 Å². The highest BCUT2D eigenvalue weighted by Crippen LogP contribution is 2.08. The third-order valence-electron chi connectivity index (χ3n) is 1.47. The molecule has 0 heterocycles. The molecule has 0 aromatic heterocycles. The number of nitrogens with zero attached hydrogens (tertiary/aromatic N) is 1. The lowest BCUT2D eigenvalue weighted by atomic mass is 10.2. The van der Waals surface area contributed by atoms with Crippen LogP contribution < -0.4 is 5.73 Å². The van der Waals surface area contributed by atoms with E-state index in [-0.39, 0.29) is 0 Å². The van der Waals surface area contributed by atoms with Gasteiger partial charge in [0.25, 0.3) is 0 Å². The summed E-state index contributed by atoms with van der Waals surface area (Å²) in [5.41, 5.74) is 6.58. The maximum Gasteiger partial charge on any atom is 0.125 e. The van der Waals surface area contributed by atoms with E-state index in [0.29, 0.717) is 17.4 Å². The highest BCUT2D eigenvalue weighted by atomic mass is 35.5. The quantitative estimate of drug-likeness (QED) is 0.552. The predicted molar refractivity (Wildman–Crippen MR) is 52.7 cm³/mol. The fraction of sp³-hybridized carbons (Fsp3) is 0.222. The zero-order valence-electron chi connectivity index (χ0n) is 6.92. The minimum atomic E-state index is 0.564. The van der Waals surface area contributed by atoms with Gasteiger partial charge in [0.15, 0.2) is 0 Å². The average molecular weight is 183 g/mol. The molecule has 0 saturated carbocycles. The van der Waals surface area contributed by atoms with Gasteiger partial charge in [-0.2, -0.15) is 0 Å². The van der Waals surface area contributed by atoms with Gasteiger partial charge in [-0.1, -0.05) is 11.6 Å². The van der Waals surface area contributed by atoms with Crippen molar-refractivity contribution in [2.24, 2.45) is 10.7 Å². The number of hydrogen-bond acceptors (Lipinski definition) is 1. The largest absolute Gasteiger partial charge is 0.384 e. The lowest BCUT2D eigenvalue weighted by molar-refractivity contribution is 1.12. The smallest absolute Gasteiger partial charge is 0.125 e. The standard InChI is InChI=1S/C9H11ClN2/c1-2-12-9(11)7-3-5-8(10)6-4-7/h3-6H,2H2,1H3,(H2,11,12). The van der Waals surface area contributed by atoms with E-state index in [2.05, 4.69) is 4.99 Å². The fourth-order valence-corrected chi connectivity index (χ4v) is 1.01. The van der Waals surface area contributed by atoms with Gasteiger partial charge < -0.3 is 5.73 Å². The van der Waals surface area contributed by atoms with Crippen molar-refractivity contribution < 1.29 is 0 Å². The molecule has 0 radical (unpaired) electrons. The van der Waals surface area contributed by atoms with Crippen LogP contribution in [0, 0.1) is 0 Å². The Kier molecular flexibility index (Phi) is 3.11. The lowest BCUT2D eigenvalue weighted by Crippen LogP contribution is -2.13. The summed E-state index contributed by atoms with van der Waals surface area (Å²) in [5, 5.41) is 0.711. The molecule has 0 saturated heterocycles. The van der Waals surface area contributed by atoms with E-state index in [1.165, 1.54) is 0 Å². The Morgan fingerprint density at radius 1 is 1.42 bits per heavy atom. The van der Waals surface area contributed by atoms with E-state index in [1.807, 2.05) is 19.1 Å². The molecule has 0 fully saturated rings. The first-order valence-corrected chi connectivity index (χ1v) is 4.17. The van der Waals surface area contributed by atoms with Crippen molar-refractivity contribution in [3.8, 4) is 0 Å². The Morgan fingerprint density at radius 3 is 2.50 bits per heavy atom. The van der Waals surface area contributed by atoms with E-state index < -0.39 is 0 Å². The summed E-state index contributed by atoms with van der Waals surface area (Å²) in [6.45, 7) is 2.65. The van der Waals surface area contributed by atoms with Crippen molar-refractivity contribution in [1.29, 1.82) is 0 Å². The van der Waals surface area contributed by atoms with E-state index in [0.717, 1.165) is 5.56 Å². The van der Waals surface area contributed by atoms with Crippen molar-refractivity contribution >= 4 is 17.4 Å². The van der Waals surface area contributed by atoms with Crippen LogP contribution in [0.15, 0.2) is 29.3 Å². The fourth-order valence-electron chi connectivity index (χ4n) is 0.882. The first-order valence-electron chi connectivity index (χ1n) is 3.80. The summed E-state index contributed by atoms with van der Waals surface area (Å²) in [6, 6.07) is 7.32. The highest BCUT2D eigenvalue weighted by molar-refractivity contribution is 6.30. The number of amidine groups is 1. The van der Waals surface area contributed by atoms with Gasteiger partial charge in [-0.3, -0.25) is 4.99 Å². The minimum absolute atomic E-state index is 0.564. The summed E-state index contributed by atoms with van der Waals surface area (Å²) >= 11 is 5.71. The van der Waals surface area contributed by atoms with Gasteiger partial charge >= 0.3 is 0 Å². The molecule has 12 heavy (non-hydrogen) atoms.